The predicted molar refractivity (Wildman–Crippen MR) is 134 cm³/mol. The van der Waals surface area contributed by atoms with E-state index < -0.39 is 5.60 Å². The Kier molecular flexibility index (Phi) is 9.56. The number of anilines is 1. The molecular weight excluding hydrogens is 525 g/mol. The SMILES string of the molecule is CC(C)(C)OC(=O)N1CCN(C(N)=NCc2cccc(NC(=O)C3CCCO3)c2)CC1.I. The fraction of sp³-hybridized carbons (Fsp3) is 0.591. The number of benzene rings is 1. The molecule has 2 aliphatic heterocycles. The minimum absolute atomic E-state index is 0. The molecule has 2 aliphatic rings. The lowest BCUT2D eigenvalue weighted by atomic mass is 10.2. The zero-order chi connectivity index (χ0) is 22.4. The molecule has 32 heavy (non-hydrogen) atoms. The minimum atomic E-state index is -0.507. The normalized spacial score (nSPS) is 19.3. The molecule has 0 radical (unpaired) electrons. The first-order valence-electron chi connectivity index (χ1n) is 10.8. The first-order valence-corrected chi connectivity index (χ1v) is 10.8. The molecule has 0 bridgehead atoms. The van der Waals surface area contributed by atoms with Gasteiger partial charge in [0, 0.05) is 38.5 Å². The number of carbonyl (C=O) groups is 2. The van der Waals surface area contributed by atoms with Gasteiger partial charge in [-0.3, -0.25) is 4.79 Å². The number of ether oxygens (including phenoxy) is 2. The standard InChI is InChI=1S/C22H33N5O4.HI/c1-22(2,3)31-21(29)27-11-9-26(10-12-27)20(23)24-15-16-6-4-7-17(14-16)25-19(28)18-8-5-13-30-18;/h4,6-7,14,18H,5,8-13,15H2,1-3H3,(H2,23,24)(H,25,28);1H. The quantitative estimate of drug-likeness (QED) is 0.334. The molecule has 3 rings (SSSR count). The number of nitrogens with two attached hydrogens (primary N) is 1. The summed E-state index contributed by atoms with van der Waals surface area (Å²) in [6.07, 6.45) is 1.01. The molecular formula is C22H34IN5O4. The number of amides is 2. The maximum absolute atomic E-state index is 12.2. The summed E-state index contributed by atoms with van der Waals surface area (Å²) in [5, 5.41) is 2.90. The van der Waals surface area contributed by atoms with E-state index in [0.29, 0.717) is 45.3 Å². The van der Waals surface area contributed by atoms with Crippen LogP contribution in [-0.2, 0) is 20.8 Å². The minimum Gasteiger partial charge on any atom is -0.444 e. The molecule has 2 amide bonds. The van der Waals surface area contributed by atoms with E-state index in [1.165, 1.54) is 0 Å². The van der Waals surface area contributed by atoms with E-state index in [1.54, 1.807) is 4.90 Å². The largest absolute Gasteiger partial charge is 0.444 e. The first kappa shape index (κ1) is 26.2. The van der Waals surface area contributed by atoms with Crippen molar-refractivity contribution in [2.45, 2.75) is 51.9 Å². The molecule has 2 heterocycles. The summed E-state index contributed by atoms with van der Waals surface area (Å²) in [4.78, 5) is 32.5. The van der Waals surface area contributed by atoms with Gasteiger partial charge >= 0.3 is 6.09 Å². The van der Waals surface area contributed by atoms with E-state index in [2.05, 4.69) is 10.3 Å². The average Bonchev–Trinajstić information content (AvgIpc) is 3.26. The Morgan fingerprint density at radius 1 is 1.22 bits per heavy atom. The molecule has 3 N–H and O–H groups in total. The van der Waals surface area contributed by atoms with Crippen molar-refractivity contribution in [3.8, 4) is 0 Å². The lowest BCUT2D eigenvalue weighted by Gasteiger charge is -2.36. The van der Waals surface area contributed by atoms with E-state index in [9.17, 15) is 9.59 Å². The number of hydrogen-bond donors (Lipinski definition) is 2. The third-order valence-electron chi connectivity index (χ3n) is 5.10. The van der Waals surface area contributed by atoms with Gasteiger partial charge in [-0.1, -0.05) is 12.1 Å². The highest BCUT2D eigenvalue weighted by Crippen LogP contribution is 2.17. The third kappa shape index (κ3) is 7.80. The Bertz CT molecular complexity index is 813. The predicted octanol–water partition coefficient (Wildman–Crippen LogP) is 2.79. The summed E-state index contributed by atoms with van der Waals surface area (Å²) in [5.74, 6) is 0.332. The van der Waals surface area contributed by atoms with Crippen molar-refractivity contribution < 1.29 is 19.1 Å². The van der Waals surface area contributed by atoms with Gasteiger partial charge in [0.2, 0.25) is 0 Å². The van der Waals surface area contributed by atoms with Crippen LogP contribution in [0, 0.1) is 0 Å². The number of guanidine groups is 1. The van der Waals surface area contributed by atoms with Crippen LogP contribution >= 0.6 is 24.0 Å². The number of piperazine rings is 1. The highest BCUT2D eigenvalue weighted by molar-refractivity contribution is 14.0. The van der Waals surface area contributed by atoms with Crippen LogP contribution in [0.25, 0.3) is 0 Å². The molecule has 10 heteroatoms. The van der Waals surface area contributed by atoms with Crippen LogP contribution in [0.4, 0.5) is 10.5 Å². The lowest BCUT2D eigenvalue weighted by molar-refractivity contribution is -0.124. The molecule has 0 spiro atoms. The number of rotatable bonds is 4. The molecule has 0 aliphatic carbocycles. The van der Waals surface area contributed by atoms with Gasteiger partial charge < -0.3 is 30.3 Å². The van der Waals surface area contributed by atoms with Crippen molar-refractivity contribution in [3.63, 3.8) is 0 Å². The zero-order valence-electron chi connectivity index (χ0n) is 19.0. The maximum atomic E-state index is 12.2. The summed E-state index contributed by atoms with van der Waals surface area (Å²) < 4.78 is 10.8. The fourth-order valence-electron chi connectivity index (χ4n) is 3.47. The van der Waals surface area contributed by atoms with E-state index >= 15 is 0 Å². The van der Waals surface area contributed by atoms with Crippen LogP contribution in [0.5, 0.6) is 0 Å². The second-order valence-corrected chi connectivity index (χ2v) is 8.82. The van der Waals surface area contributed by atoms with E-state index in [-0.39, 0.29) is 42.1 Å². The molecule has 1 aromatic carbocycles. The second-order valence-electron chi connectivity index (χ2n) is 8.82. The Hall–Kier alpha value is -2.08. The van der Waals surface area contributed by atoms with Crippen LogP contribution in [-0.4, -0.2) is 72.3 Å². The van der Waals surface area contributed by atoms with Crippen LogP contribution in [0.1, 0.15) is 39.2 Å². The number of halogens is 1. The Labute approximate surface area is 206 Å². The van der Waals surface area contributed by atoms with Crippen molar-refractivity contribution in [2.24, 2.45) is 10.7 Å². The fourth-order valence-corrected chi connectivity index (χ4v) is 3.47. The summed E-state index contributed by atoms with van der Waals surface area (Å²) in [7, 11) is 0. The molecule has 9 nitrogen and oxygen atoms in total. The maximum Gasteiger partial charge on any atom is 0.410 e. The van der Waals surface area contributed by atoms with E-state index in [1.807, 2.05) is 49.9 Å². The monoisotopic (exact) mass is 559 g/mol. The van der Waals surface area contributed by atoms with Gasteiger partial charge in [-0.15, -0.1) is 24.0 Å². The lowest BCUT2D eigenvalue weighted by Crippen LogP contribution is -2.53. The van der Waals surface area contributed by atoms with Gasteiger partial charge in [0.15, 0.2) is 5.96 Å². The van der Waals surface area contributed by atoms with Crippen LogP contribution in [0.3, 0.4) is 0 Å². The van der Waals surface area contributed by atoms with Crippen LogP contribution in [0.2, 0.25) is 0 Å². The smallest absolute Gasteiger partial charge is 0.410 e. The molecule has 1 aromatic rings. The summed E-state index contributed by atoms with van der Waals surface area (Å²) in [5.41, 5.74) is 7.33. The number of nitrogens with one attached hydrogen (secondary N) is 1. The van der Waals surface area contributed by atoms with Crippen LogP contribution in [0.15, 0.2) is 29.3 Å². The number of aliphatic imine (C=N–C) groups is 1. The van der Waals surface area contributed by atoms with Gasteiger partial charge in [0.1, 0.15) is 11.7 Å². The van der Waals surface area contributed by atoms with Gasteiger partial charge in [-0.25, -0.2) is 9.79 Å². The molecule has 0 saturated carbocycles. The topological polar surface area (TPSA) is 109 Å². The van der Waals surface area contributed by atoms with Gasteiger partial charge in [0.05, 0.1) is 6.54 Å². The van der Waals surface area contributed by atoms with E-state index in [0.717, 1.165) is 24.1 Å². The van der Waals surface area contributed by atoms with Crippen molar-refractivity contribution in [3.05, 3.63) is 29.8 Å². The first-order chi connectivity index (χ1) is 14.7. The van der Waals surface area contributed by atoms with E-state index in [4.69, 9.17) is 15.2 Å². The molecule has 0 aromatic heterocycles. The Morgan fingerprint density at radius 3 is 2.53 bits per heavy atom. The Morgan fingerprint density at radius 2 is 1.91 bits per heavy atom. The number of hydrogen-bond acceptors (Lipinski definition) is 5. The average molecular weight is 559 g/mol. The van der Waals surface area contributed by atoms with Gasteiger partial charge in [-0.05, 0) is 51.3 Å². The summed E-state index contributed by atoms with van der Waals surface area (Å²) in [6.45, 7) is 8.89. The van der Waals surface area contributed by atoms with Gasteiger partial charge in [-0.2, -0.15) is 0 Å². The molecule has 2 fully saturated rings. The molecule has 1 unspecified atom stereocenters. The van der Waals surface area contributed by atoms with Crippen LogP contribution < -0.4 is 11.1 Å². The van der Waals surface area contributed by atoms with Gasteiger partial charge in [0.25, 0.3) is 5.91 Å². The number of carbonyl (C=O) groups excluding carboxylic acids is 2. The highest BCUT2D eigenvalue weighted by atomic mass is 127. The van der Waals surface area contributed by atoms with Crippen molar-refractivity contribution in [1.29, 1.82) is 0 Å². The summed E-state index contributed by atoms with van der Waals surface area (Å²) in [6, 6.07) is 7.56. The second kappa shape index (κ2) is 11.7. The molecule has 2 saturated heterocycles. The van der Waals surface area contributed by atoms with Crippen molar-refractivity contribution in [1.82, 2.24) is 9.80 Å². The zero-order valence-corrected chi connectivity index (χ0v) is 21.3. The number of nitrogens with zero attached hydrogens (tertiary/aromatic N) is 3. The Balaban J connectivity index is 0.00000363. The third-order valence-corrected chi connectivity index (χ3v) is 5.10. The molecule has 1 atom stereocenters. The highest BCUT2D eigenvalue weighted by Gasteiger charge is 2.26. The summed E-state index contributed by atoms with van der Waals surface area (Å²) >= 11 is 0. The molecule has 178 valence electrons. The van der Waals surface area contributed by atoms with Crippen molar-refractivity contribution >= 4 is 47.6 Å². The van der Waals surface area contributed by atoms with Crippen molar-refractivity contribution in [2.75, 3.05) is 38.1 Å².